The van der Waals surface area contributed by atoms with Crippen LogP contribution >= 0.6 is 0 Å². The van der Waals surface area contributed by atoms with Gasteiger partial charge < -0.3 is 14.7 Å². The molecule has 0 bridgehead atoms. The number of hydrogen-bond acceptors (Lipinski definition) is 3. The molecule has 1 aliphatic rings. The molecule has 1 heterocycles. The smallest absolute Gasteiger partial charge is 0.230 e. The molecule has 0 radical (unpaired) electrons. The summed E-state index contributed by atoms with van der Waals surface area (Å²) >= 11 is 0. The van der Waals surface area contributed by atoms with Crippen molar-refractivity contribution in [1.82, 2.24) is 14.7 Å². The predicted molar refractivity (Wildman–Crippen MR) is 105 cm³/mol. The van der Waals surface area contributed by atoms with E-state index in [4.69, 9.17) is 0 Å². The van der Waals surface area contributed by atoms with Gasteiger partial charge in [0.25, 0.3) is 0 Å². The summed E-state index contributed by atoms with van der Waals surface area (Å²) in [4.78, 5) is 31.2. The van der Waals surface area contributed by atoms with Crippen LogP contribution < -0.4 is 0 Å². The Hall–Kier alpha value is -1.88. The highest BCUT2D eigenvalue weighted by Gasteiger charge is 2.31. The second-order valence-corrected chi connectivity index (χ2v) is 7.89. The summed E-state index contributed by atoms with van der Waals surface area (Å²) in [6.07, 6.45) is 0.541. The monoisotopic (exact) mass is 359 g/mol. The van der Waals surface area contributed by atoms with E-state index in [-0.39, 0.29) is 23.7 Å². The molecule has 144 valence electrons. The highest BCUT2D eigenvalue weighted by atomic mass is 16.2. The molecule has 1 aliphatic heterocycles. The molecule has 1 atom stereocenters. The molecule has 1 aromatic carbocycles. The van der Waals surface area contributed by atoms with Crippen LogP contribution in [-0.2, 0) is 9.59 Å². The van der Waals surface area contributed by atoms with Gasteiger partial charge in [0.05, 0.1) is 5.92 Å². The molecule has 1 saturated heterocycles. The van der Waals surface area contributed by atoms with E-state index >= 15 is 0 Å². The topological polar surface area (TPSA) is 43.9 Å². The first kappa shape index (κ1) is 20.4. The fraction of sp³-hybridized carbons (Fsp3) is 0.619. The molecule has 0 aliphatic carbocycles. The molecular formula is C21H33N3O2. The molecule has 1 unspecified atom stereocenters. The maximum Gasteiger partial charge on any atom is 0.230 e. The van der Waals surface area contributed by atoms with E-state index in [0.29, 0.717) is 32.6 Å². The molecule has 0 spiro atoms. The van der Waals surface area contributed by atoms with Crippen molar-refractivity contribution in [2.75, 3.05) is 46.8 Å². The number of amides is 2. The van der Waals surface area contributed by atoms with Gasteiger partial charge in [0.15, 0.2) is 0 Å². The molecule has 0 N–H and O–H groups in total. The van der Waals surface area contributed by atoms with Crippen molar-refractivity contribution in [3.05, 3.63) is 35.4 Å². The molecule has 1 fully saturated rings. The first-order valence-corrected chi connectivity index (χ1v) is 9.57. The summed E-state index contributed by atoms with van der Waals surface area (Å²) in [6, 6.07) is 8.27. The summed E-state index contributed by atoms with van der Waals surface area (Å²) in [6.45, 7) is 9.55. The lowest BCUT2D eigenvalue weighted by Crippen LogP contribution is -2.52. The van der Waals surface area contributed by atoms with Crippen molar-refractivity contribution in [2.45, 2.75) is 33.1 Å². The Bertz CT molecular complexity index is 602. The van der Waals surface area contributed by atoms with Crippen LogP contribution in [0.5, 0.6) is 0 Å². The van der Waals surface area contributed by atoms with Gasteiger partial charge in [-0.15, -0.1) is 0 Å². The van der Waals surface area contributed by atoms with Crippen molar-refractivity contribution < 1.29 is 9.59 Å². The van der Waals surface area contributed by atoms with E-state index < -0.39 is 0 Å². The Labute approximate surface area is 158 Å². The number of aryl methyl sites for hydroxylation is 1. The molecule has 5 nitrogen and oxygen atoms in total. The van der Waals surface area contributed by atoms with E-state index in [0.717, 1.165) is 12.1 Å². The second-order valence-electron chi connectivity index (χ2n) is 7.89. The summed E-state index contributed by atoms with van der Waals surface area (Å²) in [5.41, 5.74) is 2.29. The third-order valence-corrected chi connectivity index (χ3v) is 5.09. The summed E-state index contributed by atoms with van der Waals surface area (Å²) in [5.74, 6) is 0.491. The Morgan fingerprint density at radius 3 is 2.04 bits per heavy atom. The summed E-state index contributed by atoms with van der Waals surface area (Å²) in [7, 11) is 3.95. The first-order valence-electron chi connectivity index (χ1n) is 9.57. The predicted octanol–water partition coefficient (Wildman–Crippen LogP) is 2.36. The minimum Gasteiger partial charge on any atom is -0.339 e. The number of piperazine rings is 1. The Morgan fingerprint density at radius 2 is 1.54 bits per heavy atom. The Balaban J connectivity index is 1.97. The van der Waals surface area contributed by atoms with Crippen molar-refractivity contribution in [1.29, 1.82) is 0 Å². The maximum atomic E-state index is 13.1. The zero-order valence-corrected chi connectivity index (χ0v) is 16.9. The average Bonchev–Trinajstić information content (AvgIpc) is 2.61. The van der Waals surface area contributed by atoms with E-state index in [2.05, 4.69) is 45.0 Å². The molecule has 5 heteroatoms. The third-order valence-electron chi connectivity index (χ3n) is 5.09. The largest absolute Gasteiger partial charge is 0.339 e. The molecule has 26 heavy (non-hydrogen) atoms. The normalized spacial score (nSPS) is 16.3. The van der Waals surface area contributed by atoms with Gasteiger partial charge in [-0.2, -0.15) is 0 Å². The van der Waals surface area contributed by atoms with Crippen molar-refractivity contribution in [3.63, 3.8) is 0 Å². The van der Waals surface area contributed by atoms with Crippen molar-refractivity contribution >= 4 is 11.8 Å². The van der Waals surface area contributed by atoms with Crippen molar-refractivity contribution in [2.24, 2.45) is 5.92 Å². The van der Waals surface area contributed by atoms with Gasteiger partial charge in [-0.25, -0.2) is 0 Å². The van der Waals surface area contributed by atoms with Crippen molar-refractivity contribution in [3.8, 4) is 0 Å². The lowest BCUT2D eigenvalue weighted by atomic mass is 9.86. The fourth-order valence-corrected chi connectivity index (χ4v) is 3.44. The van der Waals surface area contributed by atoms with E-state index in [1.165, 1.54) is 5.56 Å². The number of nitrogens with zero attached hydrogens (tertiary/aromatic N) is 3. The highest BCUT2D eigenvalue weighted by molar-refractivity contribution is 5.84. The lowest BCUT2D eigenvalue weighted by molar-refractivity contribution is -0.141. The van der Waals surface area contributed by atoms with Crippen LogP contribution in [0.2, 0.25) is 0 Å². The SMILES string of the molecule is Cc1ccc(C(C(=O)N2CCN(C(=O)CCN(C)C)CC2)C(C)C)cc1. The molecule has 2 amide bonds. The van der Waals surface area contributed by atoms with Gasteiger partial charge >= 0.3 is 0 Å². The number of rotatable bonds is 6. The Kier molecular flexibility index (Phi) is 7.21. The van der Waals surface area contributed by atoms with Gasteiger partial charge in [-0.3, -0.25) is 9.59 Å². The van der Waals surface area contributed by atoms with Gasteiger partial charge in [-0.1, -0.05) is 43.7 Å². The zero-order valence-electron chi connectivity index (χ0n) is 16.9. The third kappa shape index (κ3) is 5.31. The van der Waals surface area contributed by atoms with Crippen LogP contribution in [0.15, 0.2) is 24.3 Å². The quantitative estimate of drug-likeness (QED) is 0.783. The second kappa shape index (κ2) is 9.17. The van der Waals surface area contributed by atoms with Crippen LogP contribution in [0.4, 0.5) is 0 Å². The highest BCUT2D eigenvalue weighted by Crippen LogP contribution is 2.27. The molecule has 2 rings (SSSR count). The lowest BCUT2D eigenvalue weighted by Gasteiger charge is -2.37. The first-order chi connectivity index (χ1) is 12.3. The average molecular weight is 360 g/mol. The summed E-state index contributed by atoms with van der Waals surface area (Å²) in [5, 5.41) is 0. The van der Waals surface area contributed by atoms with Crippen LogP contribution in [0.3, 0.4) is 0 Å². The number of hydrogen-bond donors (Lipinski definition) is 0. The fourth-order valence-electron chi connectivity index (χ4n) is 3.44. The Morgan fingerprint density at radius 1 is 1.00 bits per heavy atom. The van der Waals surface area contributed by atoms with E-state index in [1.54, 1.807) is 0 Å². The van der Waals surface area contributed by atoms with Gasteiger partial charge in [0.1, 0.15) is 0 Å². The number of carbonyl (C=O) groups excluding carboxylic acids is 2. The number of benzene rings is 1. The zero-order chi connectivity index (χ0) is 19.3. The van der Waals surface area contributed by atoms with Crippen LogP contribution in [-0.4, -0.2) is 73.3 Å². The van der Waals surface area contributed by atoms with Gasteiger partial charge in [-0.05, 0) is 32.5 Å². The molecular weight excluding hydrogens is 326 g/mol. The maximum absolute atomic E-state index is 13.1. The van der Waals surface area contributed by atoms with E-state index in [9.17, 15) is 9.59 Å². The molecule has 1 aromatic rings. The molecule has 0 aromatic heterocycles. The van der Waals surface area contributed by atoms with Gasteiger partial charge in [0, 0.05) is 39.1 Å². The summed E-state index contributed by atoms with van der Waals surface area (Å²) < 4.78 is 0. The minimum atomic E-state index is -0.119. The number of carbonyl (C=O) groups is 2. The van der Waals surface area contributed by atoms with E-state index in [1.807, 2.05) is 28.8 Å². The molecule has 0 saturated carbocycles. The van der Waals surface area contributed by atoms with Crippen LogP contribution in [0, 0.1) is 12.8 Å². The van der Waals surface area contributed by atoms with Crippen LogP contribution in [0.25, 0.3) is 0 Å². The minimum absolute atomic E-state index is 0.119. The van der Waals surface area contributed by atoms with Crippen LogP contribution in [0.1, 0.15) is 37.3 Å². The van der Waals surface area contributed by atoms with Gasteiger partial charge in [0.2, 0.25) is 11.8 Å². The standard InChI is InChI=1S/C21H33N3O2/c1-16(2)20(18-8-6-17(3)7-9-18)21(26)24-14-12-23(13-15-24)19(25)10-11-22(4)5/h6-9,16,20H,10-15H2,1-5H3.